The second-order valence-corrected chi connectivity index (χ2v) is 7.99. The molecule has 0 spiro atoms. The van der Waals surface area contributed by atoms with E-state index < -0.39 is 23.2 Å². The number of hydrogen-bond acceptors (Lipinski definition) is 4. The fourth-order valence-electron chi connectivity index (χ4n) is 3.83. The van der Waals surface area contributed by atoms with Crippen LogP contribution in [-0.2, 0) is 19.1 Å². The Labute approximate surface area is 165 Å². The minimum absolute atomic E-state index is 0.0252. The van der Waals surface area contributed by atoms with Gasteiger partial charge in [-0.2, -0.15) is 0 Å². The van der Waals surface area contributed by atoms with E-state index in [-0.39, 0.29) is 12.5 Å². The van der Waals surface area contributed by atoms with Crippen molar-refractivity contribution in [2.24, 2.45) is 11.3 Å². The van der Waals surface area contributed by atoms with Crippen LogP contribution in [0.2, 0.25) is 0 Å². The van der Waals surface area contributed by atoms with E-state index in [1.807, 2.05) is 24.3 Å². The third-order valence-electron chi connectivity index (χ3n) is 5.90. The number of carboxylic acids is 1. The number of aliphatic carboxylic acids is 1. The van der Waals surface area contributed by atoms with Crippen molar-refractivity contribution >= 4 is 23.5 Å². The van der Waals surface area contributed by atoms with Gasteiger partial charge < -0.3 is 20.1 Å². The SMILES string of the molecule is CC(C)c1ccc(N2CCC(C(=O)NCC3(C(=O)O)CCOCC3)C2=O)cc1. The summed E-state index contributed by atoms with van der Waals surface area (Å²) in [6.07, 6.45) is 1.14. The van der Waals surface area contributed by atoms with E-state index in [4.69, 9.17) is 4.74 Å². The first-order valence-corrected chi connectivity index (χ1v) is 9.84. The zero-order valence-corrected chi connectivity index (χ0v) is 16.4. The van der Waals surface area contributed by atoms with Gasteiger partial charge in [-0.1, -0.05) is 26.0 Å². The summed E-state index contributed by atoms with van der Waals surface area (Å²) < 4.78 is 5.25. The molecule has 2 amide bonds. The van der Waals surface area contributed by atoms with Crippen molar-refractivity contribution in [1.82, 2.24) is 5.32 Å². The Morgan fingerprint density at radius 3 is 2.46 bits per heavy atom. The Morgan fingerprint density at radius 1 is 1.25 bits per heavy atom. The zero-order valence-electron chi connectivity index (χ0n) is 16.4. The van der Waals surface area contributed by atoms with Crippen molar-refractivity contribution in [3.05, 3.63) is 29.8 Å². The summed E-state index contributed by atoms with van der Waals surface area (Å²) in [5, 5.41) is 12.3. The molecule has 2 fully saturated rings. The highest BCUT2D eigenvalue weighted by molar-refractivity contribution is 6.09. The van der Waals surface area contributed by atoms with E-state index in [9.17, 15) is 19.5 Å². The van der Waals surface area contributed by atoms with Crippen LogP contribution in [0.5, 0.6) is 0 Å². The molecule has 1 unspecified atom stereocenters. The fraction of sp³-hybridized carbons (Fsp3) is 0.571. The lowest BCUT2D eigenvalue weighted by molar-refractivity contribution is -0.154. The van der Waals surface area contributed by atoms with Crippen molar-refractivity contribution in [1.29, 1.82) is 0 Å². The number of anilines is 1. The van der Waals surface area contributed by atoms with Crippen molar-refractivity contribution in [3.63, 3.8) is 0 Å². The number of rotatable bonds is 6. The molecule has 2 aliphatic rings. The molecule has 1 aromatic carbocycles. The molecule has 1 atom stereocenters. The van der Waals surface area contributed by atoms with Crippen LogP contribution in [0.4, 0.5) is 5.69 Å². The lowest BCUT2D eigenvalue weighted by Crippen LogP contribution is -2.48. The van der Waals surface area contributed by atoms with Crippen LogP contribution in [0.3, 0.4) is 0 Å². The number of amides is 2. The first-order chi connectivity index (χ1) is 13.3. The fourth-order valence-corrected chi connectivity index (χ4v) is 3.83. The first-order valence-electron chi connectivity index (χ1n) is 9.84. The van der Waals surface area contributed by atoms with Crippen LogP contribution in [0.15, 0.2) is 24.3 Å². The lowest BCUT2D eigenvalue weighted by Gasteiger charge is -2.33. The molecule has 2 heterocycles. The average Bonchev–Trinajstić information content (AvgIpc) is 3.08. The Morgan fingerprint density at radius 2 is 1.89 bits per heavy atom. The van der Waals surface area contributed by atoms with Crippen molar-refractivity contribution < 1.29 is 24.2 Å². The Hall–Kier alpha value is -2.41. The minimum Gasteiger partial charge on any atom is -0.481 e. The van der Waals surface area contributed by atoms with Crippen LogP contribution in [0, 0.1) is 11.3 Å². The molecule has 152 valence electrons. The summed E-state index contributed by atoms with van der Waals surface area (Å²) in [7, 11) is 0. The van der Waals surface area contributed by atoms with Crippen LogP contribution in [0.25, 0.3) is 0 Å². The van der Waals surface area contributed by atoms with E-state index in [0.717, 1.165) is 5.69 Å². The number of hydrogen-bond donors (Lipinski definition) is 2. The maximum atomic E-state index is 12.8. The van der Waals surface area contributed by atoms with Gasteiger partial charge in [-0.15, -0.1) is 0 Å². The molecular weight excluding hydrogens is 360 g/mol. The van der Waals surface area contributed by atoms with E-state index in [2.05, 4.69) is 19.2 Å². The largest absolute Gasteiger partial charge is 0.481 e. The summed E-state index contributed by atoms with van der Waals surface area (Å²) in [5.74, 6) is -1.91. The molecular formula is C21H28N2O5. The maximum absolute atomic E-state index is 12.8. The van der Waals surface area contributed by atoms with E-state index >= 15 is 0 Å². The van der Waals surface area contributed by atoms with E-state index in [1.165, 1.54) is 5.56 Å². The monoisotopic (exact) mass is 388 g/mol. The van der Waals surface area contributed by atoms with Gasteiger partial charge in [-0.3, -0.25) is 14.4 Å². The Bertz CT molecular complexity index is 738. The van der Waals surface area contributed by atoms with Gasteiger partial charge in [0, 0.05) is 32.0 Å². The Kier molecular flexibility index (Phi) is 6.03. The zero-order chi connectivity index (χ0) is 20.3. The smallest absolute Gasteiger partial charge is 0.311 e. The molecule has 1 aromatic rings. The van der Waals surface area contributed by atoms with Gasteiger partial charge >= 0.3 is 5.97 Å². The normalized spacial score (nSPS) is 21.8. The molecule has 28 heavy (non-hydrogen) atoms. The predicted molar refractivity (Wildman–Crippen MR) is 104 cm³/mol. The summed E-state index contributed by atoms with van der Waals surface area (Å²) in [6, 6.07) is 7.83. The molecule has 0 aromatic heterocycles. The van der Waals surface area contributed by atoms with Crippen molar-refractivity contribution in [2.75, 3.05) is 31.2 Å². The van der Waals surface area contributed by atoms with Crippen molar-refractivity contribution in [2.45, 2.75) is 39.0 Å². The Balaban J connectivity index is 1.62. The van der Waals surface area contributed by atoms with Gasteiger partial charge in [0.1, 0.15) is 5.92 Å². The molecule has 2 saturated heterocycles. The second kappa shape index (κ2) is 8.31. The van der Waals surface area contributed by atoms with Gasteiger partial charge in [0.05, 0.1) is 5.41 Å². The average molecular weight is 388 g/mol. The van der Waals surface area contributed by atoms with Crippen LogP contribution in [0.1, 0.15) is 44.6 Å². The molecule has 7 nitrogen and oxygen atoms in total. The number of ether oxygens (including phenoxy) is 1. The summed E-state index contributed by atoms with van der Waals surface area (Å²) in [6.45, 7) is 5.46. The van der Waals surface area contributed by atoms with Crippen molar-refractivity contribution in [3.8, 4) is 0 Å². The highest BCUT2D eigenvalue weighted by Crippen LogP contribution is 2.31. The summed E-state index contributed by atoms with van der Waals surface area (Å²) in [5.41, 5.74) is 0.971. The summed E-state index contributed by atoms with van der Waals surface area (Å²) >= 11 is 0. The maximum Gasteiger partial charge on any atom is 0.311 e. The van der Waals surface area contributed by atoms with Crippen LogP contribution >= 0.6 is 0 Å². The topological polar surface area (TPSA) is 95.9 Å². The standard InChI is InChI=1S/C21H28N2O5/c1-14(2)15-3-5-16(6-4-15)23-10-7-17(19(23)25)18(24)22-13-21(20(26)27)8-11-28-12-9-21/h3-6,14,17H,7-13H2,1-2H3,(H,22,24)(H,26,27). The minimum atomic E-state index is -1.01. The number of benzene rings is 1. The number of nitrogens with zero attached hydrogens (tertiary/aromatic N) is 1. The van der Waals surface area contributed by atoms with Gasteiger partial charge in [0.15, 0.2) is 0 Å². The number of carbonyl (C=O) groups excluding carboxylic acids is 2. The van der Waals surface area contributed by atoms with Gasteiger partial charge in [-0.25, -0.2) is 0 Å². The number of nitrogens with one attached hydrogen (secondary N) is 1. The molecule has 0 bridgehead atoms. The number of carboxylic acid groups (broad SMARTS) is 1. The molecule has 0 saturated carbocycles. The third kappa shape index (κ3) is 4.04. The van der Waals surface area contributed by atoms with E-state index in [0.29, 0.717) is 44.9 Å². The highest BCUT2D eigenvalue weighted by atomic mass is 16.5. The van der Waals surface area contributed by atoms with Gasteiger partial charge in [0.2, 0.25) is 11.8 Å². The van der Waals surface area contributed by atoms with E-state index in [1.54, 1.807) is 4.90 Å². The lowest BCUT2D eigenvalue weighted by atomic mass is 9.80. The molecule has 2 aliphatic heterocycles. The molecule has 3 rings (SSSR count). The first kappa shape index (κ1) is 20.3. The number of carbonyl (C=O) groups is 3. The predicted octanol–water partition coefficient (Wildman–Crippen LogP) is 2.16. The highest BCUT2D eigenvalue weighted by Gasteiger charge is 2.43. The summed E-state index contributed by atoms with van der Waals surface area (Å²) in [4.78, 5) is 38.7. The van der Waals surface area contributed by atoms with Gasteiger partial charge in [-0.05, 0) is 42.9 Å². The third-order valence-corrected chi connectivity index (χ3v) is 5.90. The second-order valence-electron chi connectivity index (χ2n) is 7.99. The molecule has 7 heteroatoms. The molecule has 0 aliphatic carbocycles. The quantitative estimate of drug-likeness (QED) is 0.728. The molecule has 0 radical (unpaired) electrons. The van der Waals surface area contributed by atoms with Crippen LogP contribution in [-0.4, -0.2) is 49.2 Å². The molecule has 2 N–H and O–H groups in total. The van der Waals surface area contributed by atoms with Crippen LogP contribution < -0.4 is 10.2 Å². The van der Waals surface area contributed by atoms with Gasteiger partial charge in [0.25, 0.3) is 0 Å².